The number of carbonyl (C=O) groups excluding carboxylic acids is 1. The molecule has 0 aliphatic carbocycles. The van der Waals surface area contributed by atoms with Crippen LogP contribution in [0.4, 0.5) is 0 Å². The average Bonchev–Trinajstić information content (AvgIpc) is 3.10. The van der Waals surface area contributed by atoms with E-state index in [4.69, 9.17) is 9.47 Å². The maximum Gasteiger partial charge on any atom is 0.338 e. The molecule has 0 bridgehead atoms. The minimum atomic E-state index is -0.337. The lowest BCUT2D eigenvalue weighted by atomic mass is 10.2. The monoisotopic (exact) mass is 341 g/mol. The van der Waals surface area contributed by atoms with E-state index in [1.165, 1.54) is 11.3 Å². The van der Waals surface area contributed by atoms with Crippen LogP contribution in [0.1, 0.15) is 23.0 Å². The number of ether oxygens (including phenoxy) is 2. The van der Waals surface area contributed by atoms with Crippen molar-refractivity contribution < 1.29 is 14.3 Å². The predicted octanol–water partition coefficient (Wildman–Crippen LogP) is 3.36. The van der Waals surface area contributed by atoms with Crippen molar-refractivity contribution in [3.8, 4) is 16.6 Å². The van der Waals surface area contributed by atoms with Crippen LogP contribution in [-0.2, 0) is 11.3 Å². The van der Waals surface area contributed by atoms with Gasteiger partial charge >= 0.3 is 5.97 Å². The second-order valence-corrected chi connectivity index (χ2v) is 5.61. The summed E-state index contributed by atoms with van der Waals surface area (Å²) in [4.78, 5) is 24.4. The van der Waals surface area contributed by atoms with E-state index < -0.39 is 0 Å². The highest BCUT2D eigenvalue weighted by Gasteiger charge is 2.08. The lowest BCUT2D eigenvalue weighted by Gasteiger charge is -2.05. The molecule has 2 aromatic heterocycles. The van der Waals surface area contributed by atoms with Crippen LogP contribution >= 0.6 is 11.3 Å². The summed E-state index contributed by atoms with van der Waals surface area (Å²) in [7, 11) is 0. The van der Waals surface area contributed by atoms with Crippen LogP contribution in [0.5, 0.6) is 5.75 Å². The Morgan fingerprint density at radius 2 is 1.92 bits per heavy atom. The van der Waals surface area contributed by atoms with Gasteiger partial charge in [-0.25, -0.2) is 19.7 Å². The maximum atomic E-state index is 11.6. The van der Waals surface area contributed by atoms with E-state index in [-0.39, 0.29) is 5.97 Å². The van der Waals surface area contributed by atoms with Crippen molar-refractivity contribution in [1.82, 2.24) is 15.0 Å². The first-order valence-electron chi connectivity index (χ1n) is 7.38. The third-order valence-corrected chi connectivity index (χ3v) is 3.95. The Labute approximate surface area is 143 Å². The molecular formula is C17H15N3O3S. The molecule has 0 atom stereocenters. The molecule has 0 radical (unpaired) electrons. The van der Waals surface area contributed by atoms with Crippen LogP contribution in [0.25, 0.3) is 10.8 Å². The fourth-order valence-electron chi connectivity index (χ4n) is 1.94. The van der Waals surface area contributed by atoms with Crippen LogP contribution < -0.4 is 4.74 Å². The Kier molecular flexibility index (Phi) is 5.12. The van der Waals surface area contributed by atoms with Gasteiger partial charge in [0.1, 0.15) is 12.4 Å². The number of aromatic nitrogens is 3. The molecule has 0 aliphatic rings. The third-order valence-electron chi connectivity index (χ3n) is 3.06. The lowest BCUT2D eigenvalue weighted by molar-refractivity contribution is 0.0526. The summed E-state index contributed by atoms with van der Waals surface area (Å²) in [6, 6.07) is 8.59. The van der Waals surface area contributed by atoms with Gasteiger partial charge in [0.05, 0.1) is 17.9 Å². The molecule has 7 heteroatoms. The van der Waals surface area contributed by atoms with Crippen LogP contribution in [0.3, 0.4) is 0 Å². The SMILES string of the molecule is CCOC(=O)c1ccc(OCc2csc(-c3ncccn3)n2)cc1. The first-order valence-corrected chi connectivity index (χ1v) is 8.26. The molecule has 6 nitrogen and oxygen atoms in total. The molecule has 0 spiro atoms. The van der Waals surface area contributed by atoms with Gasteiger partial charge in [-0.05, 0) is 37.3 Å². The summed E-state index contributed by atoms with van der Waals surface area (Å²) >= 11 is 1.47. The van der Waals surface area contributed by atoms with Crippen molar-refractivity contribution in [3.05, 3.63) is 59.4 Å². The van der Waals surface area contributed by atoms with Gasteiger partial charge < -0.3 is 9.47 Å². The van der Waals surface area contributed by atoms with Crippen LogP contribution in [0.15, 0.2) is 48.1 Å². The molecule has 0 amide bonds. The molecule has 0 saturated heterocycles. The van der Waals surface area contributed by atoms with Gasteiger partial charge in [-0.3, -0.25) is 0 Å². The average molecular weight is 341 g/mol. The Balaban J connectivity index is 1.60. The summed E-state index contributed by atoms with van der Waals surface area (Å²) in [5.74, 6) is 0.928. The van der Waals surface area contributed by atoms with Gasteiger partial charge in [0.2, 0.25) is 0 Å². The van der Waals surface area contributed by atoms with Crippen LogP contribution in [0, 0.1) is 0 Å². The molecule has 122 valence electrons. The normalized spacial score (nSPS) is 10.4. The van der Waals surface area contributed by atoms with E-state index in [0.29, 0.717) is 30.4 Å². The number of hydrogen-bond donors (Lipinski definition) is 0. The van der Waals surface area contributed by atoms with E-state index in [1.807, 2.05) is 5.38 Å². The zero-order chi connectivity index (χ0) is 16.8. The van der Waals surface area contributed by atoms with E-state index in [1.54, 1.807) is 49.6 Å². The van der Waals surface area contributed by atoms with E-state index >= 15 is 0 Å². The van der Waals surface area contributed by atoms with Gasteiger partial charge in [0.25, 0.3) is 0 Å². The largest absolute Gasteiger partial charge is 0.487 e. The van der Waals surface area contributed by atoms with Crippen molar-refractivity contribution in [1.29, 1.82) is 0 Å². The highest BCUT2D eigenvalue weighted by atomic mass is 32.1. The Bertz CT molecular complexity index is 803. The summed E-state index contributed by atoms with van der Waals surface area (Å²) in [5.41, 5.74) is 1.30. The first-order chi connectivity index (χ1) is 11.8. The van der Waals surface area contributed by atoms with Crippen molar-refractivity contribution in [2.45, 2.75) is 13.5 Å². The predicted molar refractivity (Wildman–Crippen MR) is 89.9 cm³/mol. The quantitative estimate of drug-likeness (QED) is 0.640. The molecule has 0 fully saturated rings. The van der Waals surface area contributed by atoms with Gasteiger partial charge in [-0.2, -0.15) is 0 Å². The molecule has 3 rings (SSSR count). The summed E-state index contributed by atoms with van der Waals surface area (Å²) in [6.45, 7) is 2.47. The fraction of sp³-hybridized carbons (Fsp3) is 0.176. The second kappa shape index (κ2) is 7.65. The van der Waals surface area contributed by atoms with E-state index in [9.17, 15) is 4.79 Å². The molecule has 0 saturated carbocycles. The van der Waals surface area contributed by atoms with Crippen LogP contribution in [0.2, 0.25) is 0 Å². The Morgan fingerprint density at radius 3 is 2.62 bits per heavy atom. The maximum absolute atomic E-state index is 11.6. The molecule has 1 aromatic carbocycles. The smallest absolute Gasteiger partial charge is 0.338 e. The molecule has 24 heavy (non-hydrogen) atoms. The molecule has 3 aromatic rings. The number of thiazole rings is 1. The molecule has 2 heterocycles. The van der Waals surface area contributed by atoms with Crippen molar-refractivity contribution >= 4 is 17.3 Å². The Hall–Kier alpha value is -2.80. The molecule has 0 N–H and O–H groups in total. The number of carbonyl (C=O) groups is 1. The summed E-state index contributed by atoms with van der Waals surface area (Å²) < 4.78 is 10.6. The van der Waals surface area contributed by atoms with Crippen molar-refractivity contribution in [3.63, 3.8) is 0 Å². The number of nitrogens with zero attached hydrogens (tertiary/aromatic N) is 3. The van der Waals surface area contributed by atoms with E-state index in [0.717, 1.165) is 10.7 Å². The highest BCUT2D eigenvalue weighted by molar-refractivity contribution is 7.13. The van der Waals surface area contributed by atoms with Gasteiger partial charge in [0.15, 0.2) is 10.8 Å². The summed E-state index contributed by atoms with van der Waals surface area (Å²) in [5, 5.41) is 2.67. The van der Waals surface area contributed by atoms with Gasteiger partial charge in [-0.1, -0.05) is 0 Å². The minimum Gasteiger partial charge on any atom is -0.487 e. The number of rotatable bonds is 6. The number of hydrogen-bond acceptors (Lipinski definition) is 7. The number of benzene rings is 1. The summed E-state index contributed by atoms with van der Waals surface area (Å²) in [6.07, 6.45) is 3.37. The Morgan fingerprint density at radius 1 is 1.17 bits per heavy atom. The first kappa shape index (κ1) is 16.1. The molecular weight excluding hydrogens is 326 g/mol. The van der Waals surface area contributed by atoms with Crippen molar-refractivity contribution in [2.75, 3.05) is 6.61 Å². The fourth-order valence-corrected chi connectivity index (χ4v) is 2.69. The minimum absolute atomic E-state index is 0.335. The van der Waals surface area contributed by atoms with E-state index in [2.05, 4.69) is 15.0 Å². The second-order valence-electron chi connectivity index (χ2n) is 4.75. The van der Waals surface area contributed by atoms with Gasteiger partial charge in [0, 0.05) is 17.8 Å². The molecule has 0 aliphatic heterocycles. The third kappa shape index (κ3) is 3.94. The lowest BCUT2D eigenvalue weighted by Crippen LogP contribution is -2.04. The zero-order valence-corrected chi connectivity index (χ0v) is 13.8. The topological polar surface area (TPSA) is 74.2 Å². The van der Waals surface area contributed by atoms with Gasteiger partial charge in [-0.15, -0.1) is 11.3 Å². The van der Waals surface area contributed by atoms with Crippen LogP contribution in [-0.4, -0.2) is 27.5 Å². The highest BCUT2D eigenvalue weighted by Crippen LogP contribution is 2.21. The van der Waals surface area contributed by atoms with Crippen molar-refractivity contribution in [2.24, 2.45) is 0 Å². The number of esters is 1. The molecule has 0 unspecified atom stereocenters. The zero-order valence-electron chi connectivity index (χ0n) is 13.0. The standard InChI is InChI=1S/C17H15N3O3S/c1-2-22-17(21)12-4-6-14(7-5-12)23-10-13-11-24-16(20-13)15-18-8-3-9-19-15/h3-9,11H,2,10H2,1H3.